The molecule has 5 heterocycles. The van der Waals surface area contributed by atoms with E-state index in [0.29, 0.717) is 37.2 Å². The highest BCUT2D eigenvalue weighted by Gasteiger charge is 2.31. The van der Waals surface area contributed by atoms with Crippen molar-refractivity contribution in [3.05, 3.63) is 89.7 Å². The van der Waals surface area contributed by atoms with Gasteiger partial charge in [-0.15, -0.1) is 10.2 Å². The Morgan fingerprint density at radius 1 is 0.893 bits per heavy atom. The number of carbonyl (C=O) groups is 1. The van der Waals surface area contributed by atoms with Crippen molar-refractivity contribution >= 4 is 23.4 Å². The van der Waals surface area contributed by atoms with Crippen LogP contribution in [0.15, 0.2) is 72.9 Å². The Labute approximate surface area is 328 Å². The summed E-state index contributed by atoms with van der Waals surface area (Å²) in [5, 5.41) is 20.3. The van der Waals surface area contributed by atoms with Crippen molar-refractivity contribution in [2.75, 3.05) is 36.6 Å². The summed E-state index contributed by atoms with van der Waals surface area (Å²) in [6, 6.07) is 21.7. The predicted molar refractivity (Wildman–Crippen MR) is 215 cm³/mol. The number of rotatable bonds is 11. The normalized spacial score (nSPS) is 21.4. The third-order valence-corrected chi connectivity index (χ3v) is 11.0. The van der Waals surface area contributed by atoms with Crippen molar-refractivity contribution in [1.82, 2.24) is 29.7 Å². The summed E-state index contributed by atoms with van der Waals surface area (Å²) >= 11 is 0. The van der Waals surface area contributed by atoms with Crippen molar-refractivity contribution < 1.29 is 23.7 Å². The Morgan fingerprint density at radius 2 is 1.75 bits per heavy atom. The van der Waals surface area contributed by atoms with Crippen LogP contribution in [0.2, 0.25) is 0 Å². The van der Waals surface area contributed by atoms with Crippen LogP contribution in [0, 0.1) is 0 Å². The number of benzene rings is 2. The highest BCUT2D eigenvalue weighted by atomic mass is 16.7. The van der Waals surface area contributed by atoms with Crippen LogP contribution >= 0.6 is 0 Å². The first-order valence-corrected chi connectivity index (χ1v) is 20.2. The second-order valence-electron chi connectivity index (χ2n) is 16.2. The molecule has 2 aliphatic heterocycles. The lowest BCUT2D eigenvalue weighted by Crippen LogP contribution is -2.38. The molecule has 13 heteroatoms. The van der Waals surface area contributed by atoms with Gasteiger partial charge in [0.2, 0.25) is 5.95 Å². The highest BCUT2D eigenvalue weighted by Crippen LogP contribution is 2.39. The molecule has 296 valence electrons. The van der Waals surface area contributed by atoms with E-state index in [4.69, 9.17) is 24.0 Å². The lowest BCUT2D eigenvalue weighted by molar-refractivity contribution is -0.165. The molecular formula is C43H54N8O5. The largest absolute Gasteiger partial charge is 0.491 e. The third kappa shape index (κ3) is 8.48. The standard InChI is InChI=1S/C43H54N8O5/c1-29-12-7-9-22-49(29)42-47-46-38-21-18-32(28-50(38)42)56-36-20-19-35(33-15-5-6-16-34(33)36)44-41(52)45-39-27-37(43(2,3)4)48-51(39)30-13-11-14-31(26-30)53-24-25-55-40-17-8-10-23-54-40/h5-6,11,13-16,18,21,26-29,35-36,40H,7-10,12,17,19-20,22-25H2,1-4H3,(H2,44,45,52)/t29-,35-,36+,40?/m0/s1. The van der Waals surface area contributed by atoms with Crippen molar-refractivity contribution in [2.24, 2.45) is 0 Å². The van der Waals surface area contributed by atoms with Gasteiger partial charge in [-0.05, 0) is 93.7 Å². The van der Waals surface area contributed by atoms with E-state index < -0.39 is 0 Å². The molecule has 56 heavy (non-hydrogen) atoms. The zero-order valence-corrected chi connectivity index (χ0v) is 32.9. The molecular weight excluding hydrogens is 709 g/mol. The molecule has 1 aliphatic carbocycles. The summed E-state index contributed by atoms with van der Waals surface area (Å²) in [5.74, 6) is 2.87. The zero-order chi connectivity index (χ0) is 38.6. The predicted octanol–water partition coefficient (Wildman–Crippen LogP) is 8.29. The van der Waals surface area contributed by atoms with Crippen LogP contribution in [0.3, 0.4) is 0 Å². The van der Waals surface area contributed by atoms with Crippen LogP contribution in [0.1, 0.15) is 108 Å². The maximum atomic E-state index is 13.8. The molecule has 3 aromatic heterocycles. The molecule has 13 nitrogen and oxygen atoms in total. The van der Waals surface area contributed by atoms with E-state index in [1.165, 1.54) is 6.42 Å². The van der Waals surface area contributed by atoms with Gasteiger partial charge < -0.3 is 29.2 Å². The molecule has 2 saturated heterocycles. The summed E-state index contributed by atoms with van der Waals surface area (Å²) in [6.07, 6.45) is 9.78. The van der Waals surface area contributed by atoms with Gasteiger partial charge in [-0.3, -0.25) is 9.72 Å². The Hall–Kier alpha value is -5.14. The number of piperidine rings is 1. The number of amides is 2. The number of ether oxygens (including phenoxy) is 4. The lowest BCUT2D eigenvalue weighted by atomic mass is 9.85. The van der Waals surface area contributed by atoms with Gasteiger partial charge in [0.1, 0.15) is 30.0 Å². The summed E-state index contributed by atoms with van der Waals surface area (Å²) < 4.78 is 28.1. The number of urea groups is 1. The fourth-order valence-corrected chi connectivity index (χ4v) is 7.94. The minimum Gasteiger partial charge on any atom is -0.491 e. The van der Waals surface area contributed by atoms with Crippen molar-refractivity contribution in [3.8, 4) is 17.2 Å². The number of anilines is 2. The van der Waals surface area contributed by atoms with E-state index in [-0.39, 0.29) is 29.9 Å². The minimum absolute atomic E-state index is 0.154. The van der Waals surface area contributed by atoms with Crippen LogP contribution in [-0.4, -0.2) is 69.1 Å². The quantitative estimate of drug-likeness (QED) is 0.128. The Bertz CT molecular complexity index is 2120. The third-order valence-electron chi connectivity index (χ3n) is 11.0. The highest BCUT2D eigenvalue weighted by molar-refractivity contribution is 5.89. The van der Waals surface area contributed by atoms with E-state index in [2.05, 4.69) is 65.6 Å². The molecule has 0 saturated carbocycles. The van der Waals surface area contributed by atoms with Gasteiger partial charge in [0.25, 0.3) is 0 Å². The molecule has 1 unspecified atom stereocenters. The fraction of sp³-hybridized carbons (Fsp3) is 0.488. The van der Waals surface area contributed by atoms with Gasteiger partial charge in [-0.1, -0.05) is 51.1 Å². The first-order chi connectivity index (χ1) is 27.2. The molecule has 5 aromatic rings. The smallest absolute Gasteiger partial charge is 0.320 e. The maximum absolute atomic E-state index is 13.8. The number of hydrogen-bond donors (Lipinski definition) is 2. The number of pyridine rings is 1. The zero-order valence-electron chi connectivity index (χ0n) is 32.9. The lowest BCUT2D eigenvalue weighted by Gasteiger charge is -2.33. The van der Waals surface area contributed by atoms with Crippen molar-refractivity contribution in [1.29, 1.82) is 0 Å². The van der Waals surface area contributed by atoms with E-state index in [9.17, 15) is 4.79 Å². The van der Waals surface area contributed by atoms with Gasteiger partial charge in [0.15, 0.2) is 11.9 Å². The molecule has 2 aromatic carbocycles. The minimum atomic E-state index is -0.308. The monoisotopic (exact) mass is 762 g/mol. The van der Waals surface area contributed by atoms with E-state index in [0.717, 1.165) is 91.5 Å². The summed E-state index contributed by atoms with van der Waals surface area (Å²) in [7, 11) is 0. The van der Waals surface area contributed by atoms with Crippen molar-refractivity contribution in [3.63, 3.8) is 0 Å². The Balaban J connectivity index is 0.947. The average Bonchev–Trinajstić information content (AvgIpc) is 3.83. The number of aromatic nitrogens is 5. The molecule has 2 fully saturated rings. The molecule has 4 atom stereocenters. The van der Waals surface area contributed by atoms with Gasteiger partial charge in [0, 0.05) is 36.7 Å². The molecule has 2 N–H and O–H groups in total. The van der Waals surface area contributed by atoms with E-state index in [1.807, 2.05) is 65.2 Å². The molecule has 3 aliphatic rings. The summed E-state index contributed by atoms with van der Waals surface area (Å²) in [4.78, 5) is 16.1. The number of carbonyl (C=O) groups excluding carboxylic acids is 1. The number of nitrogens with zero attached hydrogens (tertiary/aromatic N) is 6. The van der Waals surface area contributed by atoms with Gasteiger partial charge in [0.05, 0.1) is 30.2 Å². The van der Waals surface area contributed by atoms with Gasteiger partial charge in [-0.2, -0.15) is 5.10 Å². The van der Waals surface area contributed by atoms with E-state index >= 15 is 0 Å². The topological polar surface area (TPSA) is 129 Å². The molecule has 0 radical (unpaired) electrons. The van der Waals surface area contributed by atoms with Crippen LogP contribution in [0.25, 0.3) is 11.3 Å². The molecule has 2 amide bonds. The van der Waals surface area contributed by atoms with Gasteiger partial charge >= 0.3 is 6.03 Å². The summed E-state index contributed by atoms with van der Waals surface area (Å²) in [5.41, 5.74) is 4.29. The van der Waals surface area contributed by atoms with E-state index in [1.54, 1.807) is 4.68 Å². The Kier molecular flexibility index (Phi) is 11.1. The van der Waals surface area contributed by atoms with Gasteiger partial charge in [-0.25, -0.2) is 9.48 Å². The number of hydrogen-bond acceptors (Lipinski definition) is 9. The molecule has 8 rings (SSSR count). The Morgan fingerprint density at radius 3 is 2.57 bits per heavy atom. The first kappa shape index (κ1) is 37.8. The van der Waals surface area contributed by atoms with Crippen LogP contribution in [0.5, 0.6) is 11.5 Å². The molecule has 0 spiro atoms. The SMILES string of the molecule is C[C@H]1CCCCN1c1nnc2ccc(O[C@@H]3CC[C@H](NC(=O)Nc4cc(C(C)(C)C)nn4-c4cccc(OCCOC5CCCCO5)c4)c4ccccc43)cn12. The van der Waals surface area contributed by atoms with Crippen molar-refractivity contribution in [2.45, 2.75) is 109 Å². The van der Waals surface area contributed by atoms with Crippen LogP contribution in [-0.2, 0) is 14.9 Å². The number of nitrogens with one attached hydrogen (secondary N) is 2. The first-order valence-electron chi connectivity index (χ1n) is 20.2. The van der Waals surface area contributed by atoms with Crippen LogP contribution in [0.4, 0.5) is 16.6 Å². The fourth-order valence-electron chi connectivity index (χ4n) is 7.94. The summed E-state index contributed by atoms with van der Waals surface area (Å²) in [6.45, 7) is 11.1. The average molecular weight is 763 g/mol. The number of fused-ring (bicyclic) bond motifs is 2. The second-order valence-corrected chi connectivity index (χ2v) is 16.2. The van der Waals surface area contributed by atoms with Crippen LogP contribution < -0.4 is 25.0 Å². The second kappa shape index (κ2) is 16.5. The molecule has 0 bridgehead atoms. The maximum Gasteiger partial charge on any atom is 0.320 e.